The standard InChI is InChI=1S/C14H22BrNOS/c1-2-16-13(14-9-11(15)10-18-14)7-3-5-12-6-4-8-17-12/h9-10,12-13,16H,2-8H2,1H3. The van der Waals surface area contributed by atoms with Crippen LogP contribution in [-0.2, 0) is 4.74 Å². The van der Waals surface area contributed by atoms with Crippen LogP contribution >= 0.6 is 27.3 Å². The first-order chi connectivity index (χ1) is 8.79. The summed E-state index contributed by atoms with van der Waals surface area (Å²) in [6, 6.07) is 2.75. The summed E-state index contributed by atoms with van der Waals surface area (Å²) in [6.45, 7) is 4.18. The van der Waals surface area contributed by atoms with Gasteiger partial charge in [-0.3, -0.25) is 0 Å². The van der Waals surface area contributed by atoms with Gasteiger partial charge in [-0.1, -0.05) is 6.92 Å². The summed E-state index contributed by atoms with van der Waals surface area (Å²) in [5.74, 6) is 0. The van der Waals surface area contributed by atoms with Crippen molar-refractivity contribution in [2.75, 3.05) is 13.2 Å². The van der Waals surface area contributed by atoms with Gasteiger partial charge in [-0.25, -0.2) is 0 Å². The summed E-state index contributed by atoms with van der Waals surface area (Å²) in [7, 11) is 0. The fourth-order valence-electron chi connectivity index (χ4n) is 2.52. The van der Waals surface area contributed by atoms with Gasteiger partial charge in [0.25, 0.3) is 0 Å². The van der Waals surface area contributed by atoms with Crippen molar-refractivity contribution in [1.29, 1.82) is 0 Å². The van der Waals surface area contributed by atoms with Crippen molar-refractivity contribution < 1.29 is 4.74 Å². The Kier molecular flexibility index (Phi) is 6.15. The number of hydrogen-bond acceptors (Lipinski definition) is 3. The van der Waals surface area contributed by atoms with Crippen LogP contribution < -0.4 is 5.32 Å². The number of nitrogens with one attached hydrogen (secondary N) is 1. The highest BCUT2D eigenvalue weighted by atomic mass is 79.9. The zero-order chi connectivity index (χ0) is 12.8. The third-order valence-electron chi connectivity index (χ3n) is 3.42. The molecule has 4 heteroatoms. The normalized spacial score (nSPS) is 21.3. The Hall–Kier alpha value is 0.1000. The fourth-order valence-corrected chi connectivity index (χ4v) is 4.08. The van der Waals surface area contributed by atoms with E-state index in [1.165, 1.54) is 41.5 Å². The molecule has 1 N–H and O–H groups in total. The van der Waals surface area contributed by atoms with Gasteiger partial charge in [-0.05, 0) is 60.6 Å². The molecule has 2 nitrogen and oxygen atoms in total. The third kappa shape index (κ3) is 4.34. The molecule has 2 unspecified atom stereocenters. The predicted molar refractivity (Wildman–Crippen MR) is 81.3 cm³/mol. The molecule has 1 aliphatic rings. The maximum absolute atomic E-state index is 5.68. The lowest BCUT2D eigenvalue weighted by atomic mass is 10.0. The van der Waals surface area contributed by atoms with Gasteiger partial charge in [0.1, 0.15) is 0 Å². The van der Waals surface area contributed by atoms with Crippen LogP contribution in [0.25, 0.3) is 0 Å². The topological polar surface area (TPSA) is 21.3 Å². The minimum Gasteiger partial charge on any atom is -0.378 e. The van der Waals surface area contributed by atoms with E-state index in [2.05, 4.69) is 39.6 Å². The maximum Gasteiger partial charge on any atom is 0.0576 e. The smallest absolute Gasteiger partial charge is 0.0576 e. The van der Waals surface area contributed by atoms with E-state index in [0.29, 0.717) is 12.1 Å². The van der Waals surface area contributed by atoms with Crippen LogP contribution in [0.15, 0.2) is 15.9 Å². The molecular weight excluding hydrogens is 310 g/mol. The molecule has 1 aromatic rings. The van der Waals surface area contributed by atoms with Crippen LogP contribution in [0, 0.1) is 0 Å². The summed E-state index contributed by atoms with van der Waals surface area (Å²) < 4.78 is 6.88. The summed E-state index contributed by atoms with van der Waals surface area (Å²) in [5, 5.41) is 5.75. The Balaban J connectivity index is 1.78. The summed E-state index contributed by atoms with van der Waals surface area (Å²) >= 11 is 5.38. The van der Waals surface area contributed by atoms with Crippen molar-refractivity contribution >= 4 is 27.3 Å². The van der Waals surface area contributed by atoms with E-state index >= 15 is 0 Å². The molecule has 2 atom stereocenters. The molecular formula is C14H22BrNOS. The summed E-state index contributed by atoms with van der Waals surface area (Å²) in [5.41, 5.74) is 0. The Morgan fingerprint density at radius 2 is 2.50 bits per heavy atom. The Labute approximate surface area is 122 Å². The molecule has 102 valence electrons. The monoisotopic (exact) mass is 331 g/mol. The summed E-state index contributed by atoms with van der Waals surface area (Å²) in [6.07, 6.45) is 6.71. The largest absolute Gasteiger partial charge is 0.378 e. The molecule has 1 fully saturated rings. The Bertz CT molecular complexity index is 349. The second kappa shape index (κ2) is 7.63. The number of halogens is 1. The molecule has 2 rings (SSSR count). The Morgan fingerprint density at radius 1 is 1.61 bits per heavy atom. The van der Waals surface area contributed by atoms with Crippen molar-refractivity contribution in [2.24, 2.45) is 0 Å². The molecule has 1 aliphatic heterocycles. The number of thiophene rings is 1. The maximum atomic E-state index is 5.68. The molecule has 0 aromatic carbocycles. The first kappa shape index (κ1) is 14.5. The average Bonchev–Trinajstić information content (AvgIpc) is 2.99. The minimum absolute atomic E-state index is 0.507. The fraction of sp³-hybridized carbons (Fsp3) is 0.714. The minimum atomic E-state index is 0.507. The average molecular weight is 332 g/mol. The third-order valence-corrected chi connectivity index (χ3v) is 5.23. The van der Waals surface area contributed by atoms with Gasteiger partial charge in [0.05, 0.1) is 6.10 Å². The highest BCUT2D eigenvalue weighted by Gasteiger charge is 2.17. The van der Waals surface area contributed by atoms with E-state index in [1.807, 2.05) is 11.3 Å². The van der Waals surface area contributed by atoms with Crippen LogP contribution in [-0.4, -0.2) is 19.3 Å². The molecule has 18 heavy (non-hydrogen) atoms. The van der Waals surface area contributed by atoms with Crippen LogP contribution in [0.2, 0.25) is 0 Å². The highest BCUT2D eigenvalue weighted by molar-refractivity contribution is 9.10. The predicted octanol–water partition coefficient (Wildman–Crippen LogP) is 4.51. The van der Waals surface area contributed by atoms with Crippen LogP contribution in [0.4, 0.5) is 0 Å². The van der Waals surface area contributed by atoms with Crippen LogP contribution in [0.3, 0.4) is 0 Å². The number of ether oxygens (including phenoxy) is 1. The van der Waals surface area contributed by atoms with Gasteiger partial charge >= 0.3 is 0 Å². The second-order valence-corrected chi connectivity index (χ2v) is 6.70. The zero-order valence-electron chi connectivity index (χ0n) is 11.0. The van der Waals surface area contributed by atoms with Gasteiger partial charge < -0.3 is 10.1 Å². The van der Waals surface area contributed by atoms with E-state index in [0.717, 1.165) is 13.2 Å². The van der Waals surface area contributed by atoms with Crippen molar-refractivity contribution in [3.63, 3.8) is 0 Å². The Morgan fingerprint density at radius 3 is 3.11 bits per heavy atom. The second-order valence-electron chi connectivity index (χ2n) is 4.84. The molecule has 0 aliphatic carbocycles. The van der Waals surface area contributed by atoms with Crippen molar-refractivity contribution in [2.45, 2.75) is 51.2 Å². The molecule has 0 spiro atoms. The van der Waals surface area contributed by atoms with E-state index in [1.54, 1.807) is 0 Å². The highest BCUT2D eigenvalue weighted by Crippen LogP contribution is 2.29. The lowest BCUT2D eigenvalue weighted by Gasteiger charge is -2.17. The molecule has 0 bridgehead atoms. The molecule has 0 amide bonds. The van der Waals surface area contributed by atoms with E-state index < -0.39 is 0 Å². The van der Waals surface area contributed by atoms with Gasteiger partial charge in [0, 0.05) is 27.4 Å². The van der Waals surface area contributed by atoms with Crippen LogP contribution in [0.1, 0.15) is 49.9 Å². The lowest BCUT2D eigenvalue weighted by molar-refractivity contribution is 0.101. The SMILES string of the molecule is CCNC(CCCC1CCCO1)c1cc(Br)cs1. The molecule has 0 saturated carbocycles. The van der Waals surface area contributed by atoms with Crippen molar-refractivity contribution in [1.82, 2.24) is 5.32 Å². The number of rotatable bonds is 7. The van der Waals surface area contributed by atoms with E-state index in [4.69, 9.17) is 4.74 Å². The van der Waals surface area contributed by atoms with Gasteiger partial charge in [-0.2, -0.15) is 0 Å². The lowest BCUT2D eigenvalue weighted by Crippen LogP contribution is -2.20. The van der Waals surface area contributed by atoms with Crippen LogP contribution in [0.5, 0.6) is 0 Å². The quantitative estimate of drug-likeness (QED) is 0.793. The molecule has 1 saturated heterocycles. The van der Waals surface area contributed by atoms with E-state index in [-0.39, 0.29) is 0 Å². The van der Waals surface area contributed by atoms with Gasteiger partial charge in [-0.15, -0.1) is 11.3 Å². The first-order valence-electron chi connectivity index (χ1n) is 6.88. The molecule has 2 heterocycles. The first-order valence-corrected chi connectivity index (χ1v) is 8.55. The number of hydrogen-bond donors (Lipinski definition) is 1. The zero-order valence-corrected chi connectivity index (χ0v) is 13.4. The molecule has 0 radical (unpaired) electrons. The summed E-state index contributed by atoms with van der Waals surface area (Å²) in [4.78, 5) is 1.44. The molecule has 1 aromatic heterocycles. The van der Waals surface area contributed by atoms with Crippen molar-refractivity contribution in [3.05, 3.63) is 20.8 Å². The van der Waals surface area contributed by atoms with Crippen molar-refractivity contribution in [3.8, 4) is 0 Å². The van der Waals surface area contributed by atoms with E-state index in [9.17, 15) is 0 Å². The van der Waals surface area contributed by atoms with Gasteiger partial charge in [0.2, 0.25) is 0 Å². The van der Waals surface area contributed by atoms with Gasteiger partial charge in [0.15, 0.2) is 0 Å².